The van der Waals surface area contributed by atoms with E-state index >= 15 is 0 Å². The Hall–Kier alpha value is -2.76. The number of imidazole rings is 1. The maximum Gasteiger partial charge on any atom is 0.435 e. The highest BCUT2D eigenvalue weighted by Gasteiger charge is 2.36. The number of hydrogen-bond donors (Lipinski definition) is 0. The number of aryl methyl sites for hydroxylation is 1. The van der Waals surface area contributed by atoms with E-state index in [4.69, 9.17) is 4.74 Å². The molecule has 0 radical (unpaired) electrons. The van der Waals surface area contributed by atoms with Gasteiger partial charge in [-0.05, 0) is 13.8 Å². The quantitative estimate of drug-likeness (QED) is 0.616. The fourth-order valence-electron chi connectivity index (χ4n) is 3.36. The van der Waals surface area contributed by atoms with E-state index in [1.807, 2.05) is 13.8 Å². The zero-order valence-corrected chi connectivity index (χ0v) is 17.4. The molecule has 0 saturated carbocycles. The Morgan fingerprint density at radius 2 is 1.90 bits per heavy atom. The molecule has 0 aromatic carbocycles. The van der Waals surface area contributed by atoms with Crippen LogP contribution >= 0.6 is 0 Å². The lowest BCUT2D eigenvalue weighted by atomic mass is 10.1. The Morgan fingerprint density at radius 1 is 1.20 bits per heavy atom. The van der Waals surface area contributed by atoms with Crippen LogP contribution in [0.3, 0.4) is 0 Å². The summed E-state index contributed by atoms with van der Waals surface area (Å²) in [6, 6.07) is 2.19. The van der Waals surface area contributed by atoms with E-state index in [9.17, 15) is 21.6 Å². The van der Waals surface area contributed by atoms with E-state index < -0.39 is 27.3 Å². The van der Waals surface area contributed by atoms with Crippen molar-refractivity contribution in [3.8, 4) is 17.3 Å². The normalized spacial score (nSPS) is 16.0. The highest BCUT2D eigenvalue weighted by molar-refractivity contribution is 7.91. The van der Waals surface area contributed by atoms with Crippen LogP contribution in [0.4, 0.5) is 13.2 Å². The van der Waals surface area contributed by atoms with Gasteiger partial charge in [0.2, 0.25) is 0 Å². The lowest BCUT2D eigenvalue weighted by Crippen LogP contribution is -2.24. The van der Waals surface area contributed by atoms with Gasteiger partial charge in [0.05, 0.1) is 11.4 Å². The summed E-state index contributed by atoms with van der Waals surface area (Å²) in [5, 5.41) is 6.85. The largest absolute Gasteiger partial charge is 0.485 e. The van der Waals surface area contributed by atoms with Crippen LogP contribution in [0.5, 0.6) is 5.75 Å². The van der Waals surface area contributed by atoms with Crippen molar-refractivity contribution in [3.05, 3.63) is 23.5 Å². The van der Waals surface area contributed by atoms with Crippen LogP contribution in [-0.4, -0.2) is 44.5 Å². The second-order valence-corrected chi connectivity index (χ2v) is 9.90. The van der Waals surface area contributed by atoms with Crippen LogP contribution in [-0.2, 0) is 29.5 Å². The number of hydrogen-bond acceptors (Lipinski definition) is 7. The number of fused-ring (bicyclic) bond motifs is 2. The monoisotopic (exact) mass is 441 g/mol. The first-order chi connectivity index (χ1) is 13.8. The van der Waals surface area contributed by atoms with Crippen LogP contribution in [0.1, 0.15) is 32.2 Å². The number of sulfone groups is 1. The molecule has 0 N–H and O–H groups in total. The second-order valence-electron chi connectivity index (χ2n) is 7.65. The molecule has 0 amide bonds. The molecule has 0 unspecified atom stereocenters. The summed E-state index contributed by atoms with van der Waals surface area (Å²) < 4.78 is 71.7. The van der Waals surface area contributed by atoms with E-state index in [0.29, 0.717) is 17.9 Å². The van der Waals surface area contributed by atoms with Gasteiger partial charge in [0.25, 0.3) is 0 Å². The third-order valence-corrected chi connectivity index (χ3v) is 6.58. The SMILES string of the molecule is CCS(=O)(=O)c1cc2c(nc1-c1nc3cc(C(F)(F)F)nnc3n1C)CC(C)(C)O2. The fourth-order valence-corrected chi connectivity index (χ4v) is 4.39. The second kappa shape index (κ2) is 6.37. The number of aromatic nitrogens is 5. The number of halogens is 3. The van der Waals surface area contributed by atoms with Crippen molar-refractivity contribution in [1.29, 1.82) is 0 Å². The number of ether oxygens (including phenoxy) is 1. The smallest absolute Gasteiger partial charge is 0.435 e. The van der Waals surface area contributed by atoms with Gasteiger partial charge in [-0.2, -0.15) is 13.2 Å². The van der Waals surface area contributed by atoms with Crippen LogP contribution in [0.25, 0.3) is 22.7 Å². The maximum absolute atomic E-state index is 13.0. The molecule has 8 nitrogen and oxygen atoms in total. The molecule has 0 fully saturated rings. The van der Waals surface area contributed by atoms with E-state index in [-0.39, 0.29) is 33.3 Å². The van der Waals surface area contributed by atoms with Crippen molar-refractivity contribution in [2.75, 3.05) is 5.75 Å². The minimum atomic E-state index is -4.68. The number of alkyl halides is 3. The lowest BCUT2D eigenvalue weighted by molar-refractivity contribution is -0.141. The Bertz CT molecular complexity index is 1280. The zero-order valence-electron chi connectivity index (χ0n) is 16.6. The molecule has 3 aromatic heterocycles. The van der Waals surface area contributed by atoms with Crippen LogP contribution < -0.4 is 4.74 Å². The van der Waals surface area contributed by atoms with E-state index in [1.165, 1.54) is 24.6 Å². The minimum Gasteiger partial charge on any atom is -0.485 e. The number of rotatable bonds is 3. The third-order valence-electron chi connectivity index (χ3n) is 4.84. The molecule has 1 aliphatic heterocycles. The summed E-state index contributed by atoms with van der Waals surface area (Å²) >= 11 is 0. The van der Waals surface area contributed by atoms with Crippen molar-refractivity contribution >= 4 is 21.0 Å². The summed E-state index contributed by atoms with van der Waals surface area (Å²) in [6.45, 7) is 5.20. The predicted molar refractivity (Wildman–Crippen MR) is 101 cm³/mol. The van der Waals surface area contributed by atoms with Crippen LogP contribution in [0.2, 0.25) is 0 Å². The van der Waals surface area contributed by atoms with E-state index in [2.05, 4.69) is 20.2 Å². The Kier molecular flexibility index (Phi) is 4.35. The fraction of sp³-hybridized carbons (Fsp3) is 0.444. The Morgan fingerprint density at radius 3 is 2.53 bits per heavy atom. The topological polar surface area (TPSA) is 99.9 Å². The minimum absolute atomic E-state index is 0.0472. The molecule has 0 spiro atoms. The molecule has 4 heterocycles. The number of pyridine rings is 1. The van der Waals surface area contributed by atoms with E-state index in [1.54, 1.807) is 0 Å². The molecular formula is C18H18F3N5O3S. The molecule has 160 valence electrons. The average Bonchev–Trinajstić information content (AvgIpc) is 3.14. The molecule has 30 heavy (non-hydrogen) atoms. The first-order valence-corrected chi connectivity index (χ1v) is 10.7. The highest BCUT2D eigenvalue weighted by atomic mass is 32.2. The van der Waals surface area contributed by atoms with Crippen LogP contribution in [0, 0.1) is 0 Å². The Labute approximate surface area is 170 Å². The molecule has 1 aliphatic rings. The van der Waals surface area contributed by atoms with Crippen LogP contribution in [0.15, 0.2) is 17.0 Å². The molecule has 12 heteroatoms. The predicted octanol–water partition coefficient (Wildman–Crippen LogP) is 2.95. The van der Waals surface area contributed by atoms with Gasteiger partial charge in [0, 0.05) is 25.6 Å². The molecule has 0 aliphatic carbocycles. The van der Waals surface area contributed by atoms with Gasteiger partial charge in [0.1, 0.15) is 27.5 Å². The summed E-state index contributed by atoms with van der Waals surface area (Å²) in [5.41, 5.74) is -1.12. The lowest BCUT2D eigenvalue weighted by Gasteiger charge is -2.16. The molecule has 4 rings (SSSR count). The Balaban J connectivity index is 1.98. The van der Waals surface area contributed by atoms with E-state index in [0.717, 1.165) is 6.07 Å². The molecule has 0 atom stereocenters. The van der Waals surface area contributed by atoms with Crippen molar-refractivity contribution < 1.29 is 26.3 Å². The summed E-state index contributed by atoms with van der Waals surface area (Å²) in [4.78, 5) is 8.63. The zero-order chi connectivity index (χ0) is 22.1. The molecule has 0 bridgehead atoms. The van der Waals surface area contributed by atoms with Gasteiger partial charge in [0.15, 0.2) is 27.0 Å². The first-order valence-electron chi connectivity index (χ1n) is 9.06. The summed E-state index contributed by atoms with van der Waals surface area (Å²) in [5.74, 6) is 0.262. The van der Waals surface area contributed by atoms with Gasteiger partial charge in [-0.1, -0.05) is 6.92 Å². The van der Waals surface area contributed by atoms with Gasteiger partial charge < -0.3 is 9.30 Å². The highest BCUT2D eigenvalue weighted by Crippen LogP contribution is 2.39. The third kappa shape index (κ3) is 3.28. The van der Waals surface area contributed by atoms with Gasteiger partial charge in [-0.25, -0.2) is 18.4 Å². The average molecular weight is 441 g/mol. The summed E-state index contributed by atoms with van der Waals surface area (Å²) in [6.07, 6.45) is -4.23. The van der Waals surface area contributed by atoms with Gasteiger partial charge >= 0.3 is 6.18 Å². The van der Waals surface area contributed by atoms with Crippen molar-refractivity contribution in [2.24, 2.45) is 7.05 Å². The standard InChI is InChI=1S/C18H18F3N5O3S/c1-5-30(27,28)12-7-11-10(8-17(2,3)29-11)22-14(12)16-23-9-6-13(18(19,20)21)24-25-15(9)26(16)4/h6-7H,5,8H2,1-4H3. The molecule has 3 aromatic rings. The van der Waals surface area contributed by atoms with Crippen molar-refractivity contribution in [1.82, 2.24) is 24.7 Å². The van der Waals surface area contributed by atoms with Crippen molar-refractivity contribution in [2.45, 2.75) is 43.9 Å². The molecule has 0 saturated heterocycles. The first kappa shape index (κ1) is 20.5. The molecular weight excluding hydrogens is 423 g/mol. The van der Waals surface area contributed by atoms with Gasteiger partial charge in [-0.15, -0.1) is 10.2 Å². The van der Waals surface area contributed by atoms with Crippen molar-refractivity contribution in [3.63, 3.8) is 0 Å². The number of nitrogens with zero attached hydrogens (tertiary/aromatic N) is 5. The van der Waals surface area contributed by atoms with Gasteiger partial charge in [-0.3, -0.25) is 0 Å². The maximum atomic E-state index is 13.0. The summed E-state index contributed by atoms with van der Waals surface area (Å²) in [7, 11) is -2.22.